The van der Waals surface area contributed by atoms with Gasteiger partial charge in [0.2, 0.25) is 11.8 Å². The maximum Gasteiger partial charge on any atom is 0.327 e. The molecule has 16 heteroatoms. The summed E-state index contributed by atoms with van der Waals surface area (Å²) in [6.45, 7) is 4.72. The number of carbonyl (C=O) groups excluding carboxylic acids is 1. The van der Waals surface area contributed by atoms with Crippen LogP contribution >= 0.6 is 18.1 Å². The van der Waals surface area contributed by atoms with E-state index in [0.29, 0.717) is 17.9 Å². The van der Waals surface area contributed by atoms with Gasteiger partial charge in [-0.1, -0.05) is 18.3 Å². The van der Waals surface area contributed by atoms with Crippen LogP contribution in [-0.4, -0.2) is 85.1 Å². The van der Waals surface area contributed by atoms with Crippen molar-refractivity contribution in [3.05, 3.63) is 6.33 Å². The van der Waals surface area contributed by atoms with Gasteiger partial charge in [-0.3, -0.25) is 13.9 Å². The van der Waals surface area contributed by atoms with Gasteiger partial charge < -0.3 is 34.7 Å². The van der Waals surface area contributed by atoms with E-state index < -0.39 is 42.8 Å². The number of nitrogens with one attached hydrogen (secondary N) is 1. The normalized spacial score (nSPS) is 26.6. The Morgan fingerprint density at radius 1 is 1.39 bits per heavy atom. The second kappa shape index (κ2) is 11.6. The molecule has 14 nitrogen and oxygen atoms in total. The summed E-state index contributed by atoms with van der Waals surface area (Å²) in [5, 5.41) is 24.7. The zero-order valence-electron chi connectivity index (χ0n) is 20.8. The van der Waals surface area contributed by atoms with Crippen LogP contribution < -0.4 is 15.6 Å². The summed E-state index contributed by atoms with van der Waals surface area (Å²) in [5.74, 6) is -0.0301. The number of fused-ring (bicyclic) bond motifs is 1. The molecule has 0 aliphatic carbocycles. The third-order valence-corrected chi connectivity index (χ3v) is 9.61. The van der Waals surface area contributed by atoms with Crippen LogP contribution in [0.15, 0.2) is 6.33 Å². The van der Waals surface area contributed by atoms with Crippen molar-refractivity contribution in [2.24, 2.45) is 0 Å². The maximum atomic E-state index is 13.3. The highest BCUT2D eigenvalue weighted by molar-refractivity contribution is 8.56. The standard InChI is InChI=1S/C20H33N6O8PS/c1-6-31-16-13-15(23-19(21)24-16)26(10-22-13)18-20(5,29)14(27)12(34-18)9-33-35(30,36-8-3)25-11(4)17(28)32-7-2/h10-12,14,18,27,29H,6-9H2,1-5H3,(H,25,30)(H2,21,23,24). The first-order chi connectivity index (χ1) is 17.0. The Balaban J connectivity index is 1.81. The summed E-state index contributed by atoms with van der Waals surface area (Å²) < 4.78 is 36.8. The molecular formula is C20H33N6O8PS. The summed E-state index contributed by atoms with van der Waals surface area (Å²) >= 11 is 0.990. The summed E-state index contributed by atoms with van der Waals surface area (Å²) in [7, 11) is 0. The summed E-state index contributed by atoms with van der Waals surface area (Å²) in [4.78, 5) is 24.5. The zero-order valence-corrected chi connectivity index (χ0v) is 22.5. The number of anilines is 1. The minimum atomic E-state index is -3.59. The predicted molar refractivity (Wildman–Crippen MR) is 132 cm³/mol. The Morgan fingerprint density at radius 2 is 2.11 bits per heavy atom. The van der Waals surface area contributed by atoms with Crippen LogP contribution in [0.25, 0.3) is 11.2 Å². The fraction of sp³-hybridized carbons (Fsp3) is 0.700. The molecule has 6 unspecified atom stereocenters. The highest BCUT2D eigenvalue weighted by atomic mass is 32.7. The molecule has 36 heavy (non-hydrogen) atoms. The molecule has 1 aliphatic heterocycles. The molecular weight excluding hydrogens is 515 g/mol. The van der Waals surface area contributed by atoms with E-state index >= 15 is 0 Å². The Bertz CT molecular complexity index is 1120. The van der Waals surface area contributed by atoms with Crippen molar-refractivity contribution in [1.29, 1.82) is 0 Å². The maximum absolute atomic E-state index is 13.3. The molecule has 1 saturated heterocycles. The van der Waals surface area contributed by atoms with Gasteiger partial charge in [0.25, 0.3) is 0 Å². The number of rotatable bonds is 12. The first kappa shape index (κ1) is 28.6. The zero-order chi connectivity index (χ0) is 26.7. The molecule has 0 bridgehead atoms. The van der Waals surface area contributed by atoms with E-state index in [9.17, 15) is 19.6 Å². The highest BCUT2D eigenvalue weighted by Crippen LogP contribution is 2.56. The van der Waals surface area contributed by atoms with Crippen molar-refractivity contribution >= 4 is 41.2 Å². The van der Waals surface area contributed by atoms with Crippen LogP contribution in [0.4, 0.5) is 5.95 Å². The Hall–Kier alpha value is -2.00. The van der Waals surface area contributed by atoms with E-state index in [1.807, 2.05) is 0 Å². The van der Waals surface area contributed by atoms with Crippen molar-refractivity contribution < 1.29 is 38.3 Å². The number of aliphatic hydroxyl groups excluding tert-OH is 1. The van der Waals surface area contributed by atoms with E-state index in [1.165, 1.54) is 24.7 Å². The van der Waals surface area contributed by atoms with Gasteiger partial charge in [0, 0.05) is 5.75 Å². The largest absolute Gasteiger partial charge is 0.476 e. The fourth-order valence-electron chi connectivity index (χ4n) is 3.70. The Morgan fingerprint density at radius 3 is 2.75 bits per heavy atom. The molecule has 5 N–H and O–H groups in total. The number of aromatic nitrogens is 4. The van der Waals surface area contributed by atoms with Crippen LogP contribution in [-0.2, 0) is 23.4 Å². The van der Waals surface area contributed by atoms with Crippen LogP contribution in [0, 0.1) is 0 Å². The molecule has 0 amide bonds. The number of nitrogens with zero attached hydrogens (tertiary/aromatic N) is 4. The lowest BCUT2D eigenvalue weighted by atomic mass is 9.96. The SMILES string of the molecule is CCOC(=O)C(C)NP(=O)(OCC1OC(n2cnc3c(OCC)nc(N)nc32)C(C)(O)C1O)SCC. The number of ether oxygens (including phenoxy) is 3. The van der Waals surface area contributed by atoms with E-state index in [-0.39, 0.29) is 30.7 Å². The number of nitrogens with two attached hydrogens (primary N) is 1. The van der Waals surface area contributed by atoms with Gasteiger partial charge in [0.15, 0.2) is 17.4 Å². The minimum Gasteiger partial charge on any atom is -0.476 e. The Kier molecular flexibility index (Phi) is 9.20. The monoisotopic (exact) mass is 548 g/mol. The number of imidazole rings is 1. The number of hydrogen-bond acceptors (Lipinski definition) is 13. The number of hydrogen-bond donors (Lipinski definition) is 4. The lowest BCUT2D eigenvalue weighted by molar-refractivity contribution is -0.144. The summed E-state index contributed by atoms with van der Waals surface area (Å²) in [6, 6.07) is -0.887. The predicted octanol–water partition coefficient (Wildman–Crippen LogP) is 1.24. The summed E-state index contributed by atoms with van der Waals surface area (Å²) in [6.07, 6.45) is -2.26. The minimum absolute atomic E-state index is 0.0647. The van der Waals surface area contributed by atoms with Gasteiger partial charge in [-0.05, 0) is 27.7 Å². The molecule has 0 radical (unpaired) electrons. The number of nitrogen functional groups attached to an aromatic ring is 1. The van der Waals surface area contributed by atoms with E-state index in [2.05, 4.69) is 20.0 Å². The smallest absolute Gasteiger partial charge is 0.327 e. The average Bonchev–Trinajstić information content (AvgIpc) is 3.31. The second-order valence-corrected chi connectivity index (χ2v) is 12.7. The van der Waals surface area contributed by atoms with Gasteiger partial charge in [-0.25, -0.2) is 10.1 Å². The highest BCUT2D eigenvalue weighted by Gasteiger charge is 2.54. The van der Waals surface area contributed by atoms with Crippen molar-refractivity contribution in [1.82, 2.24) is 24.6 Å². The van der Waals surface area contributed by atoms with Gasteiger partial charge in [-0.2, -0.15) is 9.97 Å². The van der Waals surface area contributed by atoms with E-state index in [4.69, 9.17) is 24.5 Å². The molecule has 0 saturated carbocycles. The van der Waals surface area contributed by atoms with Crippen molar-refractivity contribution in [3.63, 3.8) is 0 Å². The van der Waals surface area contributed by atoms with Gasteiger partial charge in [0.1, 0.15) is 23.9 Å². The van der Waals surface area contributed by atoms with E-state index in [0.717, 1.165) is 11.4 Å². The van der Waals surface area contributed by atoms with Crippen molar-refractivity contribution in [2.75, 3.05) is 31.3 Å². The first-order valence-corrected chi connectivity index (χ1v) is 14.7. The van der Waals surface area contributed by atoms with Crippen LogP contribution in [0.5, 0.6) is 5.88 Å². The molecule has 6 atom stereocenters. The molecule has 1 aliphatic rings. The van der Waals surface area contributed by atoms with Crippen molar-refractivity contribution in [2.45, 2.75) is 64.7 Å². The molecule has 202 valence electrons. The second-order valence-electron chi connectivity index (χ2n) is 8.16. The third kappa shape index (κ3) is 5.93. The average molecular weight is 549 g/mol. The van der Waals surface area contributed by atoms with Crippen molar-refractivity contribution in [3.8, 4) is 5.88 Å². The quantitative estimate of drug-likeness (QED) is 0.218. The lowest BCUT2D eigenvalue weighted by Crippen LogP contribution is -2.44. The first-order valence-electron chi connectivity index (χ1n) is 11.5. The third-order valence-electron chi connectivity index (χ3n) is 5.39. The van der Waals surface area contributed by atoms with Crippen LogP contribution in [0.1, 0.15) is 40.8 Å². The molecule has 3 rings (SSSR count). The molecule has 2 aromatic heterocycles. The van der Waals surface area contributed by atoms with Gasteiger partial charge >= 0.3 is 12.7 Å². The van der Waals surface area contributed by atoms with Gasteiger partial charge in [-0.15, -0.1) is 0 Å². The molecule has 3 heterocycles. The van der Waals surface area contributed by atoms with E-state index in [1.54, 1.807) is 20.8 Å². The Labute approximate surface area is 212 Å². The molecule has 1 fully saturated rings. The molecule has 2 aromatic rings. The summed E-state index contributed by atoms with van der Waals surface area (Å²) in [5.41, 5.74) is 4.56. The lowest BCUT2D eigenvalue weighted by Gasteiger charge is -2.27. The molecule has 0 aromatic carbocycles. The van der Waals surface area contributed by atoms with Gasteiger partial charge in [0.05, 0.1) is 26.1 Å². The van der Waals surface area contributed by atoms with Crippen LogP contribution in [0.2, 0.25) is 0 Å². The fourth-order valence-corrected chi connectivity index (χ4v) is 7.31. The number of esters is 1. The number of aliphatic hydroxyl groups is 2. The topological polar surface area (TPSA) is 193 Å². The number of carbonyl (C=O) groups is 1. The molecule has 0 spiro atoms. The van der Waals surface area contributed by atoms with Crippen LogP contribution in [0.3, 0.4) is 0 Å².